The van der Waals surface area contributed by atoms with Gasteiger partial charge in [0.15, 0.2) is 0 Å². The molecule has 0 heterocycles. The average molecular weight is 218 g/mol. The van der Waals surface area contributed by atoms with Gasteiger partial charge in [0.1, 0.15) is 0 Å². The predicted molar refractivity (Wildman–Crippen MR) is 67.8 cm³/mol. The van der Waals surface area contributed by atoms with Crippen molar-refractivity contribution in [2.45, 2.75) is 19.8 Å². The van der Waals surface area contributed by atoms with Gasteiger partial charge in [-0.2, -0.15) is 0 Å². The first-order chi connectivity index (χ1) is 7.72. The number of anilines is 1. The topological polar surface area (TPSA) is 55.1 Å². The summed E-state index contributed by atoms with van der Waals surface area (Å²) in [5.41, 5.74) is 7.26. The molecule has 0 unspecified atom stereocenters. The third-order valence-electron chi connectivity index (χ3n) is 2.19. The molecule has 0 bridgehead atoms. The van der Waals surface area contributed by atoms with Crippen molar-refractivity contribution in [2.75, 3.05) is 12.3 Å². The summed E-state index contributed by atoms with van der Waals surface area (Å²) in [5.74, 6) is -0.0507. The molecule has 0 aliphatic rings. The highest BCUT2D eigenvalue weighted by atomic mass is 16.1. The summed E-state index contributed by atoms with van der Waals surface area (Å²) >= 11 is 0. The number of hydrogen-bond acceptors (Lipinski definition) is 2. The molecule has 1 aromatic carbocycles. The van der Waals surface area contributed by atoms with Gasteiger partial charge in [-0.25, -0.2) is 0 Å². The summed E-state index contributed by atoms with van der Waals surface area (Å²) in [5, 5.41) is 2.81. The van der Waals surface area contributed by atoms with Gasteiger partial charge < -0.3 is 11.1 Å². The lowest BCUT2D eigenvalue weighted by atomic mass is 10.2. The van der Waals surface area contributed by atoms with Crippen molar-refractivity contribution in [1.29, 1.82) is 0 Å². The van der Waals surface area contributed by atoms with Crippen LogP contribution in [0.1, 0.15) is 25.3 Å². The quantitative estimate of drug-likeness (QED) is 0.452. The summed E-state index contributed by atoms with van der Waals surface area (Å²) in [4.78, 5) is 11.3. The fraction of sp³-hybridized carbons (Fsp3) is 0.308. The van der Waals surface area contributed by atoms with Gasteiger partial charge in [0, 0.05) is 18.3 Å². The zero-order valence-corrected chi connectivity index (χ0v) is 9.57. The molecule has 0 aromatic heterocycles. The van der Waals surface area contributed by atoms with E-state index >= 15 is 0 Å². The number of rotatable bonds is 5. The summed E-state index contributed by atoms with van der Waals surface area (Å²) in [6.07, 6.45) is 5.42. The van der Waals surface area contributed by atoms with Crippen LogP contribution in [0.2, 0.25) is 0 Å². The fourth-order valence-corrected chi connectivity index (χ4v) is 1.23. The molecule has 3 N–H and O–H groups in total. The predicted octanol–water partition coefficient (Wildman–Crippen LogP) is 2.20. The number of nitrogen functional groups attached to an aromatic ring is 1. The van der Waals surface area contributed by atoms with Crippen molar-refractivity contribution in [1.82, 2.24) is 5.32 Å². The molecule has 0 aliphatic heterocycles. The second-order valence-corrected chi connectivity index (χ2v) is 3.64. The molecule has 0 aliphatic carbocycles. The molecule has 3 heteroatoms. The maximum Gasteiger partial charge on any atom is 0.243 e. The van der Waals surface area contributed by atoms with Crippen LogP contribution in [0, 0.1) is 0 Å². The first-order valence-corrected chi connectivity index (χ1v) is 5.54. The van der Waals surface area contributed by atoms with Crippen LogP contribution >= 0.6 is 0 Å². The van der Waals surface area contributed by atoms with E-state index in [9.17, 15) is 4.79 Å². The summed E-state index contributed by atoms with van der Waals surface area (Å²) in [6.45, 7) is 2.83. The first-order valence-electron chi connectivity index (χ1n) is 5.54. The minimum absolute atomic E-state index is 0.0507. The molecule has 16 heavy (non-hydrogen) atoms. The van der Waals surface area contributed by atoms with Gasteiger partial charge in [0.05, 0.1) is 0 Å². The van der Waals surface area contributed by atoms with E-state index in [1.165, 1.54) is 0 Å². The zero-order chi connectivity index (χ0) is 11.8. The molecule has 1 amide bonds. The Hall–Kier alpha value is -1.77. The van der Waals surface area contributed by atoms with Gasteiger partial charge in [-0.05, 0) is 30.2 Å². The summed E-state index contributed by atoms with van der Waals surface area (Å²) in [6, 6.07) is 7.39. The SMILES string of the molecule is CCCCNC(=O)/C=C/c1ccc(N)cc1. The molecular weight excluding hydrogens is 200 g/mol. The van der Waals surface area contributed by atoms with E-state index in [1.807, 2.05) is 24.3 Å². The monoisotopic (exact) mass is 218 g/mol. The summed E-state index contributed by atoms with van der Waals surface area (Å²) < 4.78 is 0. The molecule has 0 fully saturated rings. The molecule has 0 radical (unpaired) electrons. The number of amides is 1. The van der Waals surface area contributed by atoms with Crippen LogP contribution in [0.15, 0.2) is 30.3 Å². The number of carbonyl (C=O) groups excluding carboxylic acids is 1. The first kappa shape index (κ1) is 12.3. The van der Waals surface area contributed by atoms with Crippen molar-refractivity contribution in [2.24, 2.45) is 0 Å². The zero-order valence-electron chi connectivity index (χ0n) is 9.57. The molecule has 3 nitrogen and oxygen atoms in total. The average Bonchev–Trinajstić information content (AvgIpc) is 2.29. The maximum absolute atomic E-state index is 11.3. The summed E-state index contributed by atoms with van der Waals surface area (Å²) in [7, 11) is 0. The van der Waals surface area contributed by atoms with Crippen molar-refractivity contribution >= 4 is 17.7 Å². The van der Waals surface area contributed by atoms with E-state index < -0.39 is 0 Å². The highest BCUT2D eigenvalue weighted by Crippen LogP contribution is 2.06. The van der Waals surface area contributed by atoms with Gasteiger partial charge in [0.25, 0.3) is 0 Å². The van der Waals surface area contributed by atoms with Crippen molar-refractivity contribution in [3.05, 3.63) is 35.9 Å². The lowest BCUT2D eigenvalue weighted by Gasteiger charge is -1.99. The van der Waals surface area contributed by atoms with Crippen LogP contribution in [-0.2, 0) is 4.79 Å². The molecule has 0 saturated heterocycles. The molecule has 86 valence electrons. The number of unbranched alkanes of at least 4 members (excludes halogenated alkanes) is 1. The Kier molecular flexibility index (Phi) is 5.12. The fourth-order valence-electron chi connectivity index (χ4n) is 1.23. The largest absolute Gasteiger partial charge is 0.399 e. The van der Waals surface area contributed by atoms with Gasteiger partial charge in [0.2, 0.25) is 5.91 Å². The van der Waals surface area contributed by atoms with E-state index in [0.717, 1.165) is 30.6 Å². The van der Waals surface area contributed by atoms with Crippen molar-refractivity contribution in [3.63, 3.8) is 0 Å². The van der Waals surface area contributed by atoms with E-state index in [-0.39, 0.29) is 5.91 Å². The van der Waals surface area contributed by atoms with Gasteiger partial charge >= 0.3 is 0 Å². The lowest BCUT2D eigenvalue weighted by molar-refractivity contribution is -0.116. The maximum atomic E-state index is 11.3. The Bertz CT molecular complexity index is 355. The van der Waals surface area contributed by atoms with Crippen LogP contribution in [0.25, 0.3) is 6.08 Å². The Balaban J connectivity index is 2.41. The van der Waals surface area contributed by atoms with Gasteiger partial charge in [-0.3, -0.25) is 4.79 Å². The molecule has 1 aromatic rings. The van der Waals surface area contributed by atoms with Gasteiger partial charge in [-0.15, -0.1) is 0 Å². The van der Waals surface area contributed by atoms with E-state index in [2.05, 4.69) is 12.2 Å². The van der Waals surface area contributed by atoms with Crippen LogP contribution < -0.4 is 11.1 Å². The minimum Gasteiger partial charge on any atom is -0.399 e. The van der Waals surface area contributed by atoms with E-state index in [0.29, 0.717) is 0 Å². The normalized spacial score (nSPS) is 10.6. The number of carbonyl (C=O) groups is 1. The number of nitrogens with two attached hydrogens (primary N) is 1. The van der Waals surface area contributed by atoms with Crippen LogP contribution in [0.3, 0.4) is 0 Å². The molecule has 0 atom stereocenters. The molecule has 0 spiro atoms. The molecular formula is C13H18N2O. The van der Waals surface area contributed by atoms with Crippen LogP contribution in [0.4, 0.5) is 5.69 Å². The second kappa shape index (κ2) is 6.67. The molecule has 1 rings (SSSR count). The van der Waals surface area contributed by atoms with Gasteiger partial charge in [-0.1, -0.05) is 25.5 Å². The smallest absolute Gasteiger partial charge is 0.243 e. The Morgan fingerprint density at radius 3 is 2.69 bits per heavy atom. The highest BCUT2D eigenvalue weighted by molar-refractivity contribution is 5.91. The lowest BCUT2D eigenvalue weighted by Crippen LogP contribution is -2.21. The minimum atomic E-state index is -0.0507. The second-order valence-electron chi connectivity index (χ2n) is 3.64. The highest BCUT2D eigenvalue weighted by Gasteiger charge is 1.93. The standard InChI is InChI=1S/C13H18N2O/c1-2-3-10-15-13(16)9-6-11-4-7-12(14)8-5-11/h4-9H,2-3,10,14H2,1H3,(H,15,16)/b9-6+. The Labute approximate surface area is 96.3 Å². The van der Waals surface area contributed by atoms with Crippen LogP contribution in [-0.4, -0.2) is 12.5 Å². The van der Waals surface area contributed by atoms with Crippen molar-refractivity contribution < 1.29 is 4.79 Å². The van der Waals surface area contributed by atoms with E-state index in [4.69, 9.17) is 5.73 Å². The number of benzene rings is 1. The Morgan fingerprint density at radius 2 is 2.06 bits per heavy atom. The van der Waals surface area contributed by atoms with Crippen molar-refractivity contribution in [3.8, 4) is 0 Å². The number of nitrogens with one attached hydrogen (secondary N) is 1. The van der Waals surface area contributed by atoms with E-state index in [1.54, 1.807) is 12.2 Å². The third kappa shape index (κ3) is 4.64. The van der Waals surface area contributed by atoms with Crippen LogP contribution in [0.5, 0.6) is 0 Å². The molecule has 0 saturated carbocycles. The Morgan fingerprint density at radius 1 is 1.38 bits per heavy atom. The number of hydrogen-bond donors (Lipinski definition) is 2. The third-order valence-corrected chi connectivity index (χ3v) is 2.19.